The van der Waals surface area contributed by atoms with Crippen LogP contribution >= 0.6 is 0 Å². The van der Waals surface area contributed by atoms with Gasteiger partial charge in [0.1, 0.15) is 5.82 Å². The first-order valence-electron chi connectivity index (χ1n) is 9.74. The third-order valence-corrected chi connectivity index (χ3v) is 5.34. The molecule has 1 aromatic heterocycles. The highest BCUT2D eigenvalue weighted by atomic mass is 19.1. The maximum atomic E-state index is 14.5. The minimum absolute atomic E-state index is 0.255. The molecule has 0 atom stereocenters. The summed E-state index contributed by atoms with van der Waals surface area (Å²) >= 11 is 0. The lowest BCUT2D eigenvalue weighted by atomic mass is 9.89. The number of hydrogen-bond donors (Lipinski definition) is 0. The number of aryl methyl sites for hydroxylation is 1. The Balaban J connectivity index is 1.91. The van der Waals surface area contributed by atoms with Crippen LogP contribution in [0.4, 0.5) is 10.1 Å². The van der Waals surface area contributed by atoms with Gasteiger partial charge in [-0.25, -0.2) is 4.39 Å². The Morgan fingerprint density at radius 3 is 2.52 bits per heavy atom. The maximum absolute atomic E-state index is 14.5. The predicted octanol–water partition coefficient (Wildman–Crippen LogP) is 6.28. The van der Waals surface area contributed by atoms with Gasteiger partial charge in [0.2, 0.25) is 0 Å². The summed E-state index contributed by atoms with van der Waals surface area (Å²) in [6, 6.07) is 21.1. The van der Waals surface area contributed by atoms with Gasteiger partial charge < -0.3 is 4.90 Å². The normalized spacial score (nSPS) is 13.8. The number of benzene rings is 2. The molecule has 0 amide bonds. The van der Waals surface area contributed by atoms with E-state index in [-0.39, 0.29) is 5.82 Å². The summed E-state index contributed by atoms with van der Waals surface area (Å²) in [5.74, 6) is -0.255. The zero-order valence-corrected chi connectivity index (χ0v) is 16.5. The number of halogens is 1. The molecule has 0 radical (unpaired) electrons. The molecule has 0 aliphatic heterocycles. The third-order valence-electron chi connectivity index (χ3n) is 5.34. The van der Waals surface area contributed by atoms with Crippen LogP contribution in [0.25, 0.3) is 11.1 Å². The quantitative estimate of drug-likeness (QED) is 0.483. The number of rotatable bonds is 5. The van der Waals surface area contributed by atoms with E-state index in [2.05, 4.69) is 41.7 Å². The number of anilines is 1. The first kappa shape index (κ1) is 18.9. The zero-order valence-electron chi connectivity index (χ0n) is 16.5. The Bertz CT molecular complexity index is 1100. The number of aromatic nitrogens is 1. The zero-order chi connectivity index (χ0) is 20.2. The van der Waals surface area contributed by atoms with Gasteiger partial charge in [0.15, 0.2) is 0 Å². The van der Waals surface area contributed by atoms with Crippen molar-refractivity contribution in [1.29, 1.82) is 0 Å². The van der Waals surface area contributed by atoms with E-state index in [1.54, 1.807) is 18.2 Å². The van der Waals surface area contributed by atoms with Crippen molar-refractivity contribution in [3.05, 3.63) is 120 Å². The van der Waals surface area contributed by atoms with Crippen molar-refractivity contribution in [2.24, 2.45) is 0 Å². The highest BCUT2D eigenvalue weighted by Gasteiger charge is 2.22. The summed E-state index contributed by atoms with van der Waals surface area (Å²) < 4.78 is 14.5. The van der Waals surface area contributed by atoms with Crippen LogP contribution in [0.2, 0.25) is 0 Å². The summed E-state index contributed by atoms with van der Waals surface area (Å²) in [6.07, 6.45) is 7.36. The SMILES string of the molecule is C=C/C(=C\C1=C(N(C)c2ccccc2)CCc2cccnc21)c1ccccc1F. The van der Waals surface area contributed by atoms with Crippen LogP contribution in [-0.2, 0) is 6.42 Å². The lowest BCUT2D eigenvalue weighted by Crippen LogP contribution is -2.21. The molecule has 0 N–H and O–H groups in total. The fraction of sp³-hybridized carbons (Fsp3) is 0.115. The lowest BCUT2D eigenvalue weighted by Gasteiger charge is -2.29. The second kappa shape index (κ2) is 8.27. The van der Waals surface area contributed by atoms with Crippen molar-refractivity contribution in [3.63, 3.8) is 0 Å². The molecule has 3 aromatic rings. The summed E-state index contributed by atoms with van der Waals surface area (Å²) in [4.78, 5) is 6.87. The van der Waals surface area contributed by atoms with Gasteiger partial charge in [0.25, 0.3) is 0 Å². The summed E-state index contributed by atoms with van der Waals surface area (Å²) in [5.41, 5.74) is 6.73. The molecule has 144 valence electrons. The first-order valence-corrected chi connectivity index (χ1v) is 9.74. The van der Waals surface area contributed by atoms with Crippen molar-refractivity contribution in [2.45, 2.75) is 12.8 Å². The minimum Gasteiger partial charge on any atom is -0.347 e. The Morgan fingerprint density at radius 2 is 1.76 bits per heavy atom. The third kappa shape index (κ3) is 3.77. The first-order chi connectivity index (χ1) is 14.2. The molecule has 1 aliphatic rings. The molecule has 29 heavy (non-hydrogen) atoms. The average molecular weight is 382 g/mol. The summed E-state index contributed by atoms with van der Waals surface area (Å²) in [7, 11) is 2.07. The van der Waals surface area contributed by atoms with Gasteiger partial charge in [-0.2, -0.15) is 0 Å². The summed E-state index contributed by atoms with van der Waals surface area (Å²) in [6.45, 7) is 3.94. The van der Waals surface area contributed by atoms with Gasteiger partial charge in [0.05, 0.1) is 5.69 Å². The molecule has 3 heteroatoms. The van der Waals surface area contributed by atoms with E-state index < -0.39 is 0 Å². The smallest absolute Gasteiger partial charge is 0.131 e. The molecule has 0 fully saturated rings. The number of allylic oxidation sites excluding steroid dienone is 5. The number of fused-ring (bicyclic) bond motifs is 1. The number of hydrogen-bond acceptors (Lipinski definition) is 2. The van der Waals surface area contributed by atoms with Crippen LogP contribution in [-0.4, -0.2) is 12.0 Å². The highest BCUT2D eigenvalue weighted by Crippen LogP contribution is 2.36. The van der Waals surface area contributed by atoms with E-state index in [1.807, 2.05) is 42.6 Å². The van der Waals surface area contributed by atoms with E-state index >= 15 is 0 Å². The van der Waals surface area contributed by atoms with Crippen LogP contribution in [0.1, 0.15) is 23.2 Å². The van der Waals surface area contributed by atoms with Gasteiger partial charge >= 0.3 is 0 Å². The molecule has 0 unspecified atom stereocenters. The summed E-state index contributed by atoms with van der Waals surface area (Å²) in [5, 5.41) is 0. The highest BCUT2D eigenvalue weighted by molar-refractivity contribution is 5.90. The van der Waals surface area contributed by atoms with E-state index in [1.165, 1.54) is 11.6 Å². The van der Waals surface area contributed by atoms with Crippen molar-refractivity contribution >= 4 is 16.8 Å². The Hall–Kier alpha value is -3.46. The molecular weight excluding hydrogens is 359 g/mol. The second-order valence-electron chi connectivity index (χ2n) is 7.05. The predicted molar refractivity (Wildman–Crippen MR) is 119 cm³/mol. The average Bonchev–Trinajstić information content (AvgIpc) is 2.78. The standard InChI is InChI=1S/C26H23FN2/c1-3-19(22-13-7-8-14-24(22)27)18-23-25(29(2)21-11-5-4-6-12-21)16-15-20-10-9-17-28-26(20)23/h3-14,17-18H,1,15-16H2,2H3/b19-18+. The fourth-order valence-electron chi connectivity index (χ4n) is 3.81. The molecule has 0 saturated carbocycles. The van der Waals surface area contributed by atoms with Crippen molar-refractivity contribution in [2.75, 3.05) is 11.9 Å². The van der Waals surface area contributed by atoms with Crippen molar-refractivity contribution in [3.8, 4) is 0 Å². The Kier molecular flexibility index (Phi) is 5.39. The molecule has 0 bridgehead atoms. The van der Waals surface area contributed by atoms with Gasteiger partial charge in [0, 0.05) is 35.8 Å². The monoisotopic (exact) mass is 382 g/mol. The Labute approximate surface area is 171 Å². The molecule has 0 saturated heterocycles. The molecule has 0 spiro atoms. The number of para-hydroxylation sites is 1. The van der Waals surface area contributed by atoms with Gasteiger partial charge in [-0.3, -0.25) is 4.98 Å². The topological polar surface area (TPSA) is 16.1 Å². The Morgan fingerprint density at radius 1 is 1.00 bits per heavy atom. The largest absolute Gasteiger partial charge is 0.347 e. The van der Waals surface area contributed by atoms with Crippen LogP contribution in [0.15, 0.2) is 97.4 Å². The van der Waals surface area contributed by atoms with Crippen LogP contribution in [0.5, 0.6) is 0 Å². The van der Waals surface area contributed by atoms with Crippen molar-refractivity contribution in [1.82, 2.24) is 4.98 Å². The molecule has 4 rings (SSSR count). The van der Waals surface area contributed by atoms with Gasteiger partial charge in [-0.05, 0) is 54.3 Å². The number of pyridine rings is 1. The minimum atomic E-state index is -0.255. The number of nitrogens with zero attached hydrogens (tertiary/aromatic N) is 2. The molecular formula is C26H23FN2. The van der Waals surface area contributed by atoms with Gasteiger partial charge in [-0.1, -0.05) is 55.1 Å². The van der Waals surface area contributed by atoms with E-state index in [4.69, 9.17) is 0 Å². The van der Waals surface area contributed by atoms with Crippen LogP contribution in [0.3, 0.4) is 0 Å². The van der Waals surface area contributed by atoms with Crippen LogP contribution < -0.4 is 4.90 Å². The molecule has 2 aromatic carbocycles. The van der Waals surface area contributed by atoms with E-state index in [0.29, 0.717) is 5.56 Å². The van der Waals surface area contributed by atoms with Gasteiger partial charge in [-0.15, -0.1) is 0 Å². The maximum Gasteiger partial charge on any atom is 0.131 e. The molecule has 1 aliphatic carbocycles. The molecule has 2 nitrogen and oxygen atoms in total. The molecule has 1 heterocycles. The van der Waals surface area contributed by atoms with E-state index in [9.17, 15) is 4.39 Å². The van der Waals surface area contributed by atoms with Crippen molar-refractivity contribution < 1.29 is 4.39 Å². The fourth-order valence-corrected chi connectivity index (χ4v) is 3.81. The van der Waals surface area contributed by atoms with Crippen LogP contribution in [0, 0.1) is 5.82 Å². The second-order valence-corrected chi connectivity index (χ2v) is 7.05. The lowest BCUT2D eigenvalue weighted by molar-refractivity contribution is 0.624. The van der Waals surface area contributed by atoms with E-state index in [0.717, 1.165) is 41.1 Å².